The molecule has 0 amide bonds. The Kier molecular flexibility index (Phi) is 11.4. The summed E-state index contributed by atoms with van der Waals surface area (Å²) in [4.78, 5) is 16.1. The molecule has 0 saturated carbocycles. The zero-order valence-electron chi connectivity index (χ0n) is 44.4. The van der Waals surface area contributed by atoms with Gasteiger partial charge >= 0.3 is 0 Å². The van der Waals surface area contributed by atoms with Crippen LogP contribution in [0, 0.1) is 0 Å². The van der Waals surface area contributed by atoms with Crippen molar-refractivity contribution >= 4 is 74.9 Å². The van der Waals surface area contributed by atoms with Crippen LogP contribution in [0.15, 0.2) is 291 Å². The van der Waals surface area contributed by atoms with Crippen LogP contribution in [0.4, 0.5) is 0 Å². The normalized spacial score (nSPS) is 11.7. The molecule has 0 spiro atoms. The van der Waals surface area contributed by atoms with Crippen LogP contribution >= 0.6 is 11.3 Å². The minimum Gasteiger partial charge on any atom is -0.309 e. The summed E-state index contributed by atoms with van der Waals surface area (Å²) in [7, 11) is 0. The number of aromatic nitrogens is 4. The SMILES string of the molecule is c1ccc(-c2ccc(-c3ccc(-c4nc(-c5ccc(-c6ccc(-c7ccccc7)cc6)cc5)nc(-c5ccc(-n6c7cc8ccccc8cc7c7cc8ccccc8cc76)c(-c6ccc7c(c6)sc6ccccc67)c5)n4)cc3)cc2)cc1. The first kappa shape index (κ1) is 47.4. The van der Waals surface area contributed by atoms with Crippen LogP contribution in [0.3, 0.4) is 0 Å². The molecule has 4 nitrogen and oxygen atoms in total. The lowest BCUT2D eigenvalue weighted by molar-refractivity contribution is 1.07. The quantitative estimate of drug-likeness (QED) is 0.145. The maximum absolute atomic E-state index is 5.39. The average Bonchev–Trinajstić information content (AvgIpc) is 4.29. The predicted molar refractivity (Wildman–Crippen MR) is 346 cm³/mol. The van der Waals surface area contributed by atoms with Gasteiger partial charge in [-0.15, -0.1) is 11.3 Å². The summed E-state index contributed by atoms with van der Waals surface area (Å²) in [5.41, 5.74) is 17.6. The summed E-state index contributed by atoms with van der Waals surface area (Å²) in [6, 6.07) is 105. The number of fused-ring (bicyclic) bond motifs is 8. The fourth-order valence-corrected chi connectivity index (χ4v) is 13.1. The maximum Gasteiger partial charge on any atom is 0.164 e. The molecule has 82 heavy (non-hydrogen) atoms. The molecule has 13 aromatic carbocycles. The van der Waals surface area contributed by atoms with Crippen LogP contribution in [0.25, 0.3) is 159 Å². The van der Waals surface area contributed by atoms with E-state index in [4.69, 9.17) is 15.0 Å². The molecule has 0 aliphatic carbocycles. The van der Waals surface area contributed by atoms with Gasteiger partial charge in [0.05, 0.1) is 16.7 Å². The van der Waals surface area contributed by atoms with Crippen molar-refractivity contribution in [3.05, 3.63) is 291 Å². The second kappa shape index (κ2) is 19.6. The van der Waals surface area contributed by atoms with E-state index in [0.717, 1.165) is 66.8 Å². The highest BCUT2D eigenvalue weighted by Gasteiger charge is 2.21. The summed E-state index contributed by atoms with van der Waals surface area (Å²) in [6.07, 6.45) is 0. The van der Waals surface area contributed by atoms with E-state index in [9.17, 15) is 0 Å². The van der Waals surface area contributed by atoms with Crippen molar-refractivity contribution in [3.8, 4) is 95.5 Å². The van der Waals surface area contributed by atoms with Gasteiger partial charge in [0.1, 0.15) is 0 Å². The van der Waals surface area contributed by atoms with E-state index in [1.54, 1.807) is 0 Å². The second-order valence-corrected chi connectivity index (χ2v) is 22.2. The molecule has 0 fully saturated rings. The smallest absolute Gasteiger partial charge is 0.164 e. The van der Waals surface area contributed by atoms with Crippen molar-refractivity contribution in [2.24, 2.45) is 0 Å². The van der Waals surface area contributed by atoms with E-state index in [2.05, 4.69) is 296 Å². The van der Waals surface area contributed by atoms with Crippen LogP contribution in [-0.4, -0.2) is 19.5 Å². The molecule has 0 N–H and O–H groups in total. The Bertz CT molecular complexity index is 4870. The van der Waals surface area contributed by atoms with Crippen LogP contribution in [0.5, 0.6) is 0 Å². The standard InChI is InChI=1S/C77H48N4S/c1-3-13-49(14-4-1)51-23-27-53(28-24-51)55-31-35-57(36-32-55)75-78-76(58-37-33-56(34-38-58)54-29-25-52(26-30-54)50-15-5-2-6-16-50)80-77(79-75)64-40-42-70(67(45-64)63-39-41-66-65-21-11-12-22-73(65)82-74(66)48-63)81-71-46-61-19-9-7-17-59(61)43-68(71)69-44-60-18-8-10-20-62(60)47-72(69)81/h1-48H. The molecule has 0 unspecified atom stereocenters. The van der Waals surface area contributed by atoms with Gasteiger partial charge in [0, 0.05) is 53.2 Å². The van der Waals surface area contributed by atoms with Gasteiger partial charge in [0.15, 0.2) is 17.5 Å². The van der Waals surface area contributed by atoms with Gasteiger partial charge in [0.2, 0.25) is 0 Å². The lowest BCUT2D eigenvalue weighted by atomic mass is 9.98. The maximum atomic E-state index is 5.39. The Morgan fingerprint density at radius 3 is 1.06 bits per heavy atom. The second-order valence-electron chi connectivity index (χ2n) is 21.2. The predicted octanol–water partition coefficient (Wildman–Crippen LogP) is 21.0. The fourth-order valence-electron chi connectivity index (χ4n) is 12.0. The van der Waals surface area contributed by atoms with Gasteiger partial charge in [-0.05, 0) is 126 Å². The molecule has 0 saturated heterocycles. The van der Waals surface area contributed by atoms with Crippen LogP contribution in [-0.2, 0) is 0 Å². The van der Waals surface area contributed by atoms with E-state index >= 15 is 0 Å². The first-order valence-electron chi connectivity index (χ1n) is 27.8. The van der Waals surface area contributed by atoms with E-state index in [0.29, 0.717) is 17.5 Å². The Balaban J connectivity index is 0.868. The van der Waals surface area contributed by atoms with Crippen LogP contribution < -0.4 is 0 Å². The van der Waals surface area contributed by atoms with Crippen molar-refractivity contribution in [1.82, 2.24) is 19.5 Å². The topological polar surface area (TPSA) is 43.6 Å². The monoisotopic (exact) mass is 1060 g/mol. The summed E-state index contributed by atoms with van der Waals surface area (Å²) in [6.45, 7) is 0. The zero-order valence-corrected chi connectivity index (χ0v) is 45.2. The number of rotatable bonds is 9. The Hall–Kier alpha value is -10.6. The minimum atomic E-state index is 0.594. The summed E-state index contributed by atoms with van der Waals surface area (Å²) in [5.74, 6) is 1.80. The van der Waals surface area contributed by atoms with E-state index in [1.807, 2.05) is 11.3 Å². The summed E-state index contributed by atoms with van der Waals surface area (Å²) >= 11 is 1.84. The Morgan fingerprint density at radius 1 is 0.232 bits per heavy atom. The van der Waals surface area contributed by atoms with Gasteiger partial charge in [-0.2, -0.15) is 0 Å². The van der Waals surface area contributed by atoms with Crippen LogP contribution in [0.2, 0.25) is 0 Å². The molecule has 5 heteroatoms. The first-order valence-corrected chi connectivity index (χ1v) is 28.6. The lowest BCUT2D eigenvalue weighted by Gasteiger charge is -2.17. The average molecular weight is 1060 g/mol. The number of hydrogen-bond acceptors (Lipinski definition) is 4. The lowest BCUT2D eigenvalue weighted by Crippen LogP contribution is -2.02. The highest BCUT2D eigenvalue weighted by atomic mass is 32.1. The van der Waals surface area contributed by atoms with Crippen molar-refractivity contribution in [1.29, 1.82) is 0 Å². The molecule has 0 aliphatic heterocycles. The van der Waals surface area contributed by atoms with E-state index in [1.165, 1.54) is 74.7 Å². The number of hydrogen-bond donors (Lipinski definition) is 0. The van der Waals surface area contributed by atoms with Crippen LogP contribution in [0.1, 0.15) is 0 Å². The largest absolute Gasteiger partial charge is 0.309 e. The van der Waals surface area contributed by atoms with E-state index < -0.39 is 0 Å². The third-order valence-electron chi connectivity index (χ3n) is 16.3. The molecule has 3 heterocycles. The molecule has 0 atom stereocenters. The van der Waals surface area contributed by atoms with Gasteiger partial charge in [0.25, 0.3) is 0 Å². The fraction of sp³-hybridized carbons (Fsp3) is 0. The van der Waals surface area contributed by atoms with Gasteiger partial charge in [-0.1, -0.05) is 237 Å². The summed E-state index contributed by atoms with van der Waals surface area (Å²) < 4.78 is 5.00. The number of benzene rings is 13. The Labute approximate surface area is 478 Å². The summed E-state index contributed by atoms with van der Waals surface area (Å²) in [5, 5.41) is 9.79. The molecule has 0 aliphatic rings. The minimum absolute atomic E-state index is 0.594. The van der Waals surface area contributed by atoms with Crippen molar-refractivity contribution in [2.75, 3.05) is 0 Å². The molecule has 16 aromatic rings. The van der Waals surface area contributed by atoms with Gasteiger partial charge < -0.3 is 4.57 Å². The third-order valence-corrected chi connectivity index (χ3v) is 17.4. The number of thiophene rings is 1. The first-order chi connectivity index (χ1) is 40.6. The highest BCUT2D eigenvalue weighted by Crippen LogP contribution is 2.43. The molecule has 382 valence electrons. The third kappa shape index (κ3) is 8.42. The molecule has 0 bridgehead atoms. The molecular weight excluding hydrogens is 1010 g/mol. The van der Waals surface area contributed by atoms with Gasteiger partial charge in [-0.25, -0.2) is 15.0 Å². The highest BCUT2D eigenvalue weighted by molar-refractivity contribution is 7.25. The zero-order chi connectivity index (χ0) is 54.1. The van der Waals surface area contributed by atoms with Crippen molar-refractivity contribution in [2.45, 2.75) is 0 Å². The van der Waals surface area contributed by atoms with Crippen molar-refractivity contribution < 1.29 is 0 Å². The van der Waals surface area contributed by atoms with Gasteiger partial charge in [-0.3, -0.25) is 0 Å². The molecule has 0 radical (unpaired) electrons. The molecular formula is C77H48N4S. The van der Waals surface area contributed by atoms with Crippen molar-refractivity contribution in [3.63, 3.8) is 0 Å². The Morgan fingerprint density at radius 2 is 0.585 bits per heavy atom. The molecule has 16 rings (SSSR count). The van der Waals surface area contributed by atoms with E-state index in [-0.39, 0.29) is 0 Å². The molecule has 3 aromatic heterocycles. The number of nitrogens with zero attached hydrogens (tertiary/aromatic N) is 4.